The van der Waals surface area contributed by atoms with Crippen LogP contribution in [0.15, 0.2) is 64.3 Å². The number of hydrogen-bond acceptors (Lipinski definition) is 7. The molecule has 1 saturated heterocycles. The van der Waals surface area contributed by atoms with Gasteiger partial charge in [0.1, 0.15) is 6.61 Å². The van der Waals surface area contributed by atoms with Crippen LogP contribution >= 0.6 is 23.4 Å². The van der Waals surface area contributed by atoms with Crippen molar-refractivity contribution in [3.63, 3.8) is 0 Å². The molecule has 32 heavy (non-hydrogen) atoms. The minimum atomic E-state index is -0.476. The van der Waals surface area contributed by atoms with Gasteiger partial charge in [0, 0.05) is 23.8 Å². The summed E-state index contributed by atoms with van der Waals surface area (Å²) in [6.45, 7) is 7.78. The van der Waals surface area contributed by atoms with Gasteiger partial charge in [-0.3, -0.25) is 4.79 Å². The summed E-state index contributed by atoms with van der Waals surface area (Å²) in [4.78, 5) is 34.4. The average molecular weight is 474 g/mol. The van der Waals surface area contributed by atoms with E-state index in [1.165, 1.54) is 17.8 Å². The van der Waals surface area contributed by atoms with E-state index in [4.69, 9.17) is 21.1 Å². The zero-order chi connectivity index (χ0) is 22.7. The molecule has 1 aromatic rings. The predicted octanol–water partition coefficient (Wildman–Crippen LogP) is 3.89. The van der Waals surface area contributed by atoms with Crippen LogP contribution in [0.4, 0.5) is 0 Å². The van der Waals surface area contributed by atoms with Crippen molar-refractivity contribution in [1.82, 2.24) is 9.80 Å². The molecule has 0 aromatic heterocycles. The fourth-order valence-corrected chi connectivity index (χ4v) is 4.97. The van der Waals surface area contributed by atoms with Crippen LogP contribution in [0, 0.1) is 0 Å². The summed E-state index contributed by atoms with van der Waals surface area (Å²) in [5, 5.41) is 3.27. The minimum absolute atomic E-state index is 0.0262. The second-order valence-corrected chi connectivity index (χ2v) is 8.77. The Bertz CT molecular complexity index is 1010. The maximum Gasteiger partial charge on any atom is 0.338 e. The molecule has 168 valence electrons. The molecule has 1 unspecified atom stereocenters. The van der Waals surface area contributed by atoms with Gasteiger partial charge in [0.05, 0.1) is 36.9 Å². The number of rotatable bonds is 6. The van der Waals surface area contributed by atoms with Crippen molar-refractivity contribution in [2.45, 2.75) is 19.4 Å². The molecular formula is C23H24ClN3O4S. The summed E-state index contributed by atoms with van der Waals surface area (Å²) in [6.07, 6.45) is 1.74. The van der Waals surface area contributed by atoms with Crippen LogP contribution in [0.3, 0.4) is 0 Å². The van der Waals surface area contributed by atoms with Crippen LogP contribution < -0.4 is 0 Å². The summed E-state index contributed by atoms with van der Waals surface area (Å²) < 4.78 is 10.7. The van der Waals surface area contributed by atoms with Crippen molar-refractivity contribution in [3.8, 4) is 0 Å². The van der Waals surface area contributed by atoms with Gasteiger partial charge >= 0.3 is 5.97 Å². The number of nitrogens with zero attached hydrogens (tertiary/aromatic N) is 3. The summed E-state index contributed by atoms with van der Waals surface area (Å²) in [6, 6.07) is 6.87. The lowest BCUT2D eigenvalue weighted by Crippen LogP contribution is -2.42. The maximum absolute atomic E-state index is 13.0. The fourth-order valence-electron chi connectivity index (χ4n) is 3.88. The molecular weight excluding hydrogens is 450 g/mol. The molecule has 0 N–H and O–H groups in total. The van der Waals surface area contributed by atoms with Gasteiger partial charge in [0.2, 0.25) is 5.91 Å². The number of esters is 1. The van der Waals surface area contributed by atoms with Gasteiger partial charge in [-0.15, -0.1) is 0 Å². The van der Waals surface area contributed by atoms with E-state index in [0.717, 1.165) is 16.4 Å². The molecule has 0 saturated carbocycles. The maximum atomic E-state index is 13.0. The van der Waals surface area contributed by atoms with Crippen LogP contribution in [-0.2, 0) is 19.1 Å². The fraction of sp³-hybridized carbons (Fsp3) is 0.348. The van der Waals surface area contributed by atoms with Gasteiger partial charge in [0.15, 0.2) is 5.17 Å². The molecule has 9 heteroatoms. The number of amides is 1. The highest BCUT2D eigenvalue weighted by atomic mass is 35.5. The zero-order valence-corrected chi connectivity index (χ0v) is 19.3. The van der Waals surface area contributed by atoms with E-state index in [1.807, 2.05) is 27.3 Å². The first-order valence-corrected chi connectivity index (χ1v) is 11.6. The first-order chi connectivity index (χ1) is 15.5. The Morgan fingerprint density at radius 1 is 1.31 bits per heavy atom. The number of aliphatic imine (C=N–C) groups is 1. The highest BCUT2D eigenvalue weighted by Crippen LogP contribution is 2.45. The predicted molar refractivity (Wildman–Crippen MR) is 125 cm³/mol. The van der Waals surface area contributed by atoms with Gasteiger partial charge in [-0.05, 0) is 30.0 Å². The van der Waals surface area contributed by atoms with Crippen molar-refractivity contribution >= 4 is 40.4 Å². The van der Waals surface area contributed by atoms with Crippen LogP contribution in [0.2, 0.25) is 5.02 Å². The van der Waals surface area contributed by atoms with Crippen LogP contribution in [0.1, 0.15) is 24.9 Å². The number of ether oxygens (including phenoxy) is 2. The number of hydrogen-bond donors (Lipinski definition) is 0. The number of thioether (sulfide) groups is 1. The van der Waals surface area contributed by atoms with Gasteiger partial charge in [-0.25, -0.2) is 9.79 Å². The molecule has 3 heterocycles. The molecule has 3 aliphatic rings. The largest absolute Gasteiger partial charge is 0.458 e. The first kappa shape index (κ1) is 22.6. The number of allylic oxidation sites excluding steroid dienone is 1. The highest BCUT2D eigenvalue weighted by molar-refractivity contribution is 8.16. The Morgan fingerprint density at radius 3 is 2.72 bits per heavy atom. The van der Waals surface area contributed by atoms with E-state index >= 15 is 0 Å². The van der Waals surface area contributed by atoms with Crippen molar-refractivity contribution in [2.75, 3.05) is 32.9 Å². The van der Waals surface area contributed by atoms with Gasteiger partial charge < -0.3 is 19.3 Å². The number of morpholine rings is 1. The molecule has 1 atom stereocenters. The zero-order valence-electron chi connectivity index (χ0n) is 17.8. The number of benzene rings is 1. The SMILES string of the molecule is C=CCOC(=O)C1=C(C)N=C2SC=C(CC(=O)N3CCOCC3)N2C1c1ccc(Cl)cc1. The smallest absolute Gasteiger partial charge is 0.338 e. The normalized spacial score (nSPS) is 20.5. The van der Waals surface area contributed by atoms with E-state index in [-0.39, 0.29) is 18.9 Å². The Morgan fingerprint density at radius 2 is 2.03 bits per heavy atom. The van der Waals surface area contributed by atoms with Gasteiger partial charge in [-0.2, -0.15) is 0 Å². The highest BCUT2D eigenvalue weighted by Gasteiger charge is 2.41. The average Bonchev–Trinajstić information content (AvgIpc) is 3.19. The second kappa shape index (κ2) is 9.94. The summed E-state index contributed by atoms with van der Waals surface area (Å²) >= 11 is 7.56. The summed E-state index contributed by atoms with van der Waals surface area (Å²) in [7, 11) is 0. The molecule has 4 rings (SSSR count). The van der Waals surface area contributed by atoms with Crippen molar-refractivity contribution in [2.24, 2.45) is 4.99 Å². The quantitative estimate of drug-likeness (QED) is 0.461. The molecule has 1 aromatic carbocycles. The number of halogens is 1. The molecule has 0 aliphatic carbocycles. The van der Waals surface area contributed by atoms with E-state index in [1.54, 1.807) is 19.1 Å². The lowest BCUT2D eigenvalue weighted by molar-refractivity contribution is -0.138. The third-order valence-electron chi connectivity index (χ3n) is 5.43. The van der Waals surface area contributed by atoms with Crippen molar-refractivity contribution in [3.05, 3.63) is 69.9 Å². The van der Waals surface area contributed by atoms with Gasteiger partial charge in [0.25, 0.3) is 0 Å². The van der Waals surface area contributed by atoms with E-state index in [9.17, 15) is 9.59 Å². The van der Waals surface area contributed by atoms with E-state index < -0.39 is 12.0 Å². The Hall–Kier alpha value is -2.55. The number of carbonyl (C=O) groups excluding carboxylic acids is 2. The molecule has 7 nitrogen and oxygen atoms in total. The second-order valence-electron chi connectivity index (χ2n) is 7.50. The molecule has 3 aliphatic heterocycles. The van der Waals surface area contributed by atoms with Crippen LogP contribution in [0.25, 0.3) is 0 Å². The number of amidine groups is 1. The monoisotopic (exact) mass is 473 g/mol. The molecule has 1 amide bonds. The minimum Gasteiger partial charge on any atom is -0.458 e. The number of fused-ring (bicyclic) bond motifs is 1. The van der Waals surface area contributed by atoms with E-state index in [0.29, 0.717) is 42.6 Å². The van der Waals surface area contributed by atoms with Crippen molar-refractivity contribution < 1.29 is 19.1 Å². The first-order valence-electron chi connectivity index (χ1n) is 10.3. The Balaban J connectivity index is 1.68. The summed E-state index contributed by atoms with van der Waals surface area (Å²) in [5.41, 5.74) is 2.68. The third-order valence-corrected chi connectivity index (χ3v) is 6.58. The third kappa shape index (κ3) is 4.62. The number of carbonyl (C=O) groups is 2. The van der Waals surface area contributed by atoms with Crippen molar-refractivity contribution in [1.29, 1.82) is 0 Å². The molecule has 0 spiro atoms. The molecule has 0 radical (unpaired) electrons. The lowest BCUT2D eigenvalue weighted by Gasteiger charge is -2.37. The van der Waals surface area contributed by atoms with Gasteiger partial charge in [-0.1, -0.05) is 48.2 Å². The Labute approximate surface area is 196 Å². The molecule has 0 bridgehead atoms. The van der Waals surface area contributed by atoms with Crippen LogP contribution in [0.5, 0.6) is 0 Å². The van der Waals surface area contributed by atoms with Crippen LogP contribution in [-0.4, -0.2) is 59.8 Å². The topological polar surface area (TPSA) is 71.4 Å². The lowest BCUT2D eigenvalue weighted by atomic mass is 9.94. The van der Waals surface area contributed by atoms with E-state index in [2.05, 4.69) is 11.6 Å². The standard InChI is InChI=1S/C23H24ClN3O4S/c1-3-10-31-22(29)20-15(2)25-23-27(21(20)16-4-6-17(24)7-5-16)18(14-32-23)13-19(28)26-8-11-30-12-9-26/h3-7,14,21H,1,8-13H2,2H3. The molecule has 1 fully saturated rings. The Kier molecular flexibility index (Phi) is 7.03. The summed E-state index contributed by atoms with van der Waals surface area (Å²) in [5.74, 6) is -0.431.